The Labute approximate surface area is 228 Å². The number of fused-ring (bicyclic) bond motifs is 1. The van der Waals surface area contributed by atoms with E-state index in [1.807, 2.05) is 0 Å². The number of nitrogens with zero attached hydrogens (tertiary/aromatic N) is 2. The Morgan fingerprint density at radius 3 is 2.45 bits per heavy atom. The predicted octanol–water partition coefficient (Wildman–Crippen LogP) is 6.19. The summed E-state index contributed by atoms with van der Waals surface area (Å²) in [5, 5.41) is 0. The fraction of sp³-hybridized carbons (Fsp3) is 0.207. The van der Waals surface area contributed by atoms with Gasteiger partial charge in [-0.05, 0) is 67.3 Å². The number of alkyl halides is 3. The molecule has 0 saturated carbocycles. The maximum absolute atomic E-state index is 14.4. The second-order valence-corrected chi connectivity index (χ2v) is 11.5. The average molecular weight is 572 g/mol. The van der Waals surface area contributed by atoms with E-state index < -0.39 is 45.2 Å². The Morgan fingerprint density at radius 2 is 1.77 bits per heavy atom. The summed E-state index contributed by atoms with van der Waals surface area (Å²) in [4.78, 5) is 15.1. The molecular weight excluding hydrogens is 546 g/mol. The zero-order valence-electron chi connectivity index (χ0n) is 21.5. The number of hydrogen-bond acceptors (Lipinski definition) is 3. The standard InChI is InChI=1S/C29H25F4N3O3S/c1-18-5-3-6-22(15-18)40(38,39)36-19(2)26(35-14-13-34-28(35)37)17-21-11-9-20(16-27(21)36)10-12-23-24(29(31,32)33)7-4-8-25(23)30/h3-16,19,26H,17H2,1-2H3,(H,34,37)/b12-10+/t19-,26-/m1/s1. The van der Waals surface area contributed by atoms with Gasteiger partial charge in [-0.1, -0.05) is 42.5 Å². The van der Waals surface area contributed by atoms with Crippen LogP contribution in [0, 0.1) is 12.7 Å². The van der Waals surface area contributed by atoms with Crippen molar-refractivity contribution < 1.29 is 26.0 Å². The number of halogens is 4. The second-order valence-electron chi connectivity index (χ2n) is 9.72. The molecule has 1 aliphatic heterocycles. The van der Waals surface area contributed by atoms with Gasteiger partial charge in [0.15, 0.2) is 0 Å². The van der Waals surface area contributed by atoms with Gasteiger partial charge in [-0.2, -0.15) is 13.2 Å². The minimum absolute atomic E-state index is 0.0643. The van der Waals surface area contributed by atoms with E-state index in [2.05, 4.69) is 4.98 Å². The quantitative estimate of drug-likeness (QED) is 0.229. The molecule has 4 aromatic rings. The Kier molecular flexibility index (Phi) is 6.95. The largest absolute Gasteiger partial charge is 0.417 e. The van der Waals surface area contributed by atoms with E-state index in [9.17, 15) is 30.8 Å². The molecule has 1 aliphatic rings. The Bertz CT molecular complexity index is 1770. The molecule has 40 heavy (non-hydrogen) atoms. The van der Waals surface area contributed by atoms with Crippen LogP contribution in [0.3, 0.4) is 0 Å². The van der Waals surface area contributed by atoms with Crippen LogP contribution < -0.4 is 9.99 Å². The number of rotatable bonds is 5. The number of benzene rings is 3. The highest BCUT2D eigenvalue weighted by Crippen LogP contribution is 2.41. The van der Waals surface area contributed by atoms with Crippen molar-refractivity contribution in [1.82, 2.24) is 9.55 Å². The summed E-state index contributed by atoms with van der Waals surface area (Å²) in [6.45, 7) is 3.48. The minimum Gasteiger partial charge on any atom is -0.313 e. The molecule has 11 heteroatoms. The van der Waals surface area contributed by atoms with Gasteiger partial charge in [0.2, 0.25) is 0 Å². The van der Waals surface area contributed by atoms with Crippen LogP contribution in [-0.4, -0.2) is 24.0 Å². The number of aromatic amines is 1. The molecule has 0 bridgehead atoms. The average Bonchev–Trinajstić information content (AvgIpc) is 3.32. The molecule has 208 valence electrons. The minimum atomic E-state index is -4.75. The van der Waals surface area contributed by atoms with E-state index in [0.29, 0.717) is 23.2 Å². The van der Waals surface area contributed by atoms with E-state index >= 15 is 0 Å². The number of aryl methyl sites for hydroxylation is 1. The normalized spacial score (nSPS) is 17.8. The van der Waals surface area contributed by atoms with Gasteiger partial charge >= 0.3 is 11.9 Å². The van der Waals surface area contributed by atoms with Gasteiger partial charge in [0.25, 0.3) is 10.0 Å². The lowest BCUT2D eigenvalue weighted by Crippen LogP contribution is -2.49. The van der Waals surface area contributed by atoms with Crippen molar-refractivity contribution >= 4 is 27.9 Å². The van der Waals surface area contributed by atoms with Crippen molar-refractivity contribution in [2.24, 2.45) is 0 Å². The highest BCUT2D eigenvalue weighted by Gasteiger charge is 2.40. The summed E-state index contributed by atoms with van der Waals surface area (Å²) in [6, 6.07) is 12.8. The highest BCUT2D eigenvalue weighted by molar-refractivity contribution is 7.92. The molecule has 0 spiro atoms. The van der Waals surface area contributed by atoms with Gasteiger partial charge in [-0.15, -0.1) is 0 Å². The van der Waals surface area contributed by atoms with Gasteiger partial charge in [-0.25, -0.2) is 17.6 Å². The van der Waals surface area contributed by atoms with Crippen LogP contribution in [0.5, 0.6) is 0 Å². The van der Waals surface area contributed by atoms with Crippen molar-refractivity contribution in [3.63, 3.8) is 0 Å². The molecule has 0 aliphatic carbocycles. The summed E-state index contributed by atoms with van der Waals surface area (Å²) in [5.74, 6) is -1.03. The molecule has 3 aromatic carbocycles. The van der Waals surface area contributed by atoms with Crippen LogP contribution in [0.4, 0.5) is 23.2 Å². The molecule has 0 fully saturated rings. The van der Waals surface area contributed by atoms with Crippen molar-refractivity contribution in [3.05, 3.63) is 117 Å². The van der Waals surface area contributed by atoms with E-state index in [1.165, 1.54) is 27.2 Å². The summed E-state index contributed by atoms with van der Waals surface area (Å²) in [7, 11) is -4.13. The summed E-state index contributed by atoms with van der Waals surface area (Å²) in [6.07, 6.45) is 0.985. The lowest BCUT2D eigenvalue weighted by Gasteiger charge is -2.41. The molecule has 2 atom stereocenters. The second kappa shape index (κ2) is 10.1. The number of imidazole rings is 1. The third-order valence-corrected chi connectivity index (χ3v) is 8.98. The number of hydrogen-bond donors (Lipinski definition) is 1. The number of H-pyrrole nitrogens is 1. The Hall–Kier alpha value is -4.12. The van der Waals surface area contributed by atoms with Crippen LogP contribution in [0.2, 0.25) is 0 Å². The number of anilines is 1. The first-order chi connectivity index (χ1) is 18.9. The number of aromatic nitrogens is 2. The van der Waals surface area contributed by atoms with Gasteiger partial charge in [0.05, 0.1) is 28.2 Å². The molecule has 0 amide bonds. The molecule has 2 heterocycles. The lowest BCUT2D eigenvalue weighted by atomic mass is 9.92. The number of sulfonamides is 1. The summed E-state index contributed by atoms with van der Waals surface area (Å²) >= 11 is 0. The molecule has 1 N–H and O–H groups in total. The fourth-order valence-electron chi connectivity index (χ4n) is 5.13. The lowest BCUT2D eigenvalue weighted by molar-refractivity contribution is -0.137. The molecule has 0 radical (unpaired) electrons. The predicted molar refractivity (Wildman–Crippen MR) is 145 cm³/mol. The zero-order valence-corrected chi connectivity index (χ0v) is 22.3. The van der Waals surface area contributed by atoms with Gasteiger partial charge in [-0.3, -0.25) is 8.87 Å². The first-order valence-electron chi connectivity index (χ1n) is 12.4. The maximum Gasteiger partial charge on any atom is 0.417 e. The fourth-order valence-corrected chi connectivity index (χ4v) is 6.95. The van der Waals surface area contributed by atoms with Crippen LogP contribution in [0.1, 0.15) is 40.8 Å². The van der Waals surface area contributed by atoms with E-state index in [1.54, 1.807) is 56.4 Å². The summed E-state index contributed by atoms with van der Waals surface area (Å²) < 4.78 is 85.6. The SMILES string of the molecule is Cc1cccc(S(=O)(=O)N2c3cc(/C=C/c4c(F)cccc4C(F)(F)F)ccc3C[C@@H](n3cc[nH]c3=O)[C@H]2C)c1. The van der Waals surface area contributed by atoms with E-state index in [0.717, 1.165) is 29.8 Å². The zero-order chi connectivity index (χ0) is 28.8. The Balaban J connectivity index is 1.64. The van der Waals surface area contributed by atoms with Gasteiger partial charge < -0.3 is 4.98 Å². The van der Waals surface area contributed by atoms with E-state index in [4.69, 9.17) is 0 Å². The van der Waals surface area contributed by atoms with Gasteiger partial charge in [0.1, 0.15) is 5.82 Å². The molecule has 1 aromatic heterocycles. The number of nitrogens with one attached hydrogen (secondary N) is 1. The first-order valence-corrected chi connectivity index (χ1v) is 13.9. The van der Waals surface area contributed by atoms with Crippen molar-refractivity contribution in [3.8, 4) is 0 Å². The molecule has 6 nitrogen and oxygen atoms in total. The molecule has 0 unspecified atom stereocenters. The highest BCUT2D eigenvalue weighted by atomic mass is 32.2. The maximum atomic E-state index is 14.4. The van der Waals surface area contributed by atoms with Crippen LogP contribution in [-0.2, 0) is 22.6 Å². The van der Waals surface area contributed by atoms with Gasteiger partial charge in [0, 0.05) is 18.0 Å². The topological polar surface area (TPSA) is 75.2 Å². The van der Waals surface area contributed by atoms with Crippen molar-refractivity contribution in [2.45, 2.75) is 43.4 Å². The molecule has 5 rings (SSSR count). The van der Waals surface area contributed by atoms with Crippen molar-refractivity contribution in [1.29, 1.82) is 0 Å². The Morgan fingerprint density at radius 1 is 1.02 bits per heavy atom. The van der Waals surface area contributed by atoms with Crippen LogP contribution in [0.15, 0.2) is 82.7 Å². The summed E-state index contributed by atoms with van der Waals surface area (Å²) in [5.41, 5.74) is -0.0171. The molecule has 0 saturated heterocycles. The molecular formula is C29H25F4N3O3S. The third kappa shape index (κ3) is 4.97. The smallest absolute Gasteiger partial charge is 0.313 e. The van der Waals surface area contributed by atoms with Crippen molar-refractivity contribution in [2.75, 3.05) is 4.31 Å². The van der Waals surface area contributed by atoms with Crippen LogP contribution >= 0.6 is 0 Å². The van der Waals surface area contributed by atoms with Crippen LogP contribution in [0.25, 0.3) is 12.2 Å². The van der Waals surface area contributed by atoms with E-state index in [-0.39, 0.29) is 10.6 Å². The first kappa shape index (κ1) is 27.4. The third-order valence-electron chi connectivity index (χ3n) is 7.08. The monoisotopic (exact) mass is 571 g/mol.